The van der Waals surface area contributed by atoms with Crippen LogP contribution in [0.25, 0.3) is 22.3 Å². The van der Waals surface area contributed by atoms with Gasteiger partial charge in [0, 0.05) is 54.6 Å². The lowest BCUT2D eigenvalue weighted by atomic mass is 9.76. The molecule has 0 radical (unpaired) electrons. The molecule has 178 valence electrons. The van der Waals surface area contributed by atoms with Crippen LogP contribution in [-0.2, 0) is 4.74 Å². The Bertz CT molecular complexity index is 1190. The van der Waals surface area contributed by atoms with E-state index in [9.17, 15) is 4.79 Å². The number of aromatic nitrogens is 4. The number of carbonyl (C=O) groups is 1. The molecule has 0 saturated carbocycles. The molecule has 0 unspecified atom stereocenters. The zero-order valence-electron chi connectivity index (χ0n) is 19.7. The predicted octanol–water partition coefficient (Wildman–Crippen LogP) is 4.26. The normalized spacial score (nSPS) is 20.2. The van der Waals surface area contributed by atoms with Gasteiger partial charge in [0.1, 0.15) is 17.6 Å². The average molecular weight is 465 g/mol. The topological polar surface area (TPSA) is 84.3 Å². The van der Waals surface area contributed by atoms with Crippen LogP contribution in [-0.4, -0.2) is 68.9 Å². The highest BCUT2D eigenvalue weighted by Gasteiger charge is 2.50. The van der Waals surface area contributed by atoms with Crippen molar-refractivity contribution in [2.24, 2.45) is 5.41 Å². The molecule has 8 nitrogen and oxygen atoms in total. The largest absolute Gasteiger partial charge is 0.444 e. The Morgan fingerprint density at radius 1 is 1.09 bits per heavy atom. The van der Waals surface area contributed by atoms with Gasteiger partial charge in [-0.3, -0.25) is 9.97 Å². The predicted molar refractivity (Wildman–Crippen MR) is 127 cm³/mol. The minimum absolute atomic E-state index is 0.0865. The number of pyridine rings is 2. The maximum Gasteiger partial charge on any atom is 0.410 e. The number of alkyl halides is 1. The molecule has 2 aliphatic heterocycles. The van der Waals surface area contributed by atoms with E-state index in [0.29, 0.717) is 38.3 Å². The zero-order valence-corrected chi connectivity index (χ0v) is 19.7. The smallest absolute Gasteiger partial charge is 0.410 e. The number of rotatable bonds is 2. The highest BCUT2D eigenvalue weighted by atomic mass is 19.1. The molecule has 5 rings (SSSR count). The second-order valence-electron chi connectivity index (χ2n) is 10.2. The van der Waals surface area contributed by atoms with Gasteiger partial charge in [-0.15, -0.1) is 0 Å². The van der Waals surface area contributed by atoms with Crippen molar-refractivity contribution in [3.05, 3.63) is 43.0 Å². The van der Waals surface area contributed by atoms with Crippen molar-refractivity contribution in [2.75, 3.05) is 31.1 Å². The third-order valence-electron chi connectivity index (χ3n) is 6.68. The summed E-state index contributed by atoms with van der Waals surface area (Å²) in [7, 11) is 0. The van der Waals surface area contributed by atoms with E-state index in [2.05, 4.69) is 14.9 Å². The summed E-state index contributed by atoms with van der Waals surface area (Å²) in [4.78, 5) is 34.2. The fraction of sp³-hybridized carbons (Fsp3) is 0.480. The van der Waals surface area contributed by atoms with Crippen LogP contribution in [0.15, 0.2) is 43.0 Å². The number of hydrogen-bond acceptors (Lipinski definition) is 7. The monoisotopic (exact) mass is 464 g/mol. The third-order valence-corrected chi connectivity index (χ3v) is 6.68. The van der Waals surface area contributed by atoms with Crippen molar-refractivity contribution in [3.8, 4) is 11.4 Å². The molecule has 3 aromatic heterocycles. The number of hydrogen-bond donors (Lipinski definition) is 0. The lowest BCUT2D eigenvalue weighted by molar-refractivity contribution is 0.0266. The molecule has 1 atom stereocenters. The molecule has 0 aromatic carbocycles. The van der Waals surface area contributed by atoms with Crippen LogP contribution in [0, 0.1) is 5.41 Å². The van der Waals surface area contributed by atoms with Crippen molar-refractivity contribution in [3.63, 3.8) is 0 Å². The summed E-state index contributed by atoms with van der Waals surface area (Å²) in [5, 5.41) is 0.919. The summed E-state index contributed by atoms with van der Waals surface area (Å²) in [5.41, 5.74) is 0.492. The van der Waals surface area contributed by atoms with Crippen molar-refractivity contribution >= 4 is 22.8 Å². The van der Waals surface area contributed by atoms with E-state index in [-0.39, 0.29) is 6.54 Å². The lowest BCUT2D eigenvalue weighted by Crippen LogP contribution is -2.46. The molecule has 0 bridgehead atoms. The Labute approximate surface area is 198 Å². The molecule has 0 N–H and O–H groups in total. The van der Waals surface area contributed by atoms with Crippen LogP contribution in [0.3, 0.4) is 0 Å². The van der Waals surface area contributed by atoms with Crippen molar-refractivity contribution in [2.45, 2.75) is 45.4 Å². The van der Waals surface area contributed by atoms with E-state index in [1.807, 2.05) is 39.0 Å². The molecular weight excluding hydrogens is 435 g/mol. The maximum atomic E-state index is 15.3. The Kier molecular flexibility index (Phi) is 5.58. The standard InChI is InChI=1S/C25H29FN6O2/c1-24(2,3)34-23(33)32-15-20(26)25(16-32)7-12-31(13-8-25)22-18-6-11-28-14-19(18)29-21(30-22)17-4-9-27-10-5-17/h4-6,9-11,14,20H,7-8,12-13,15-16H2,1-3H3/t20-/m1/s1. The zero-order chi connectivity index (χ0) is 23.9. The van der Waals surface area contributed by atoms with Gasteiger partial charge in [-0.25, -0.2) is 19.2 Å². The molecule has 2 saturated heterocycles. The Hall–Kier alpha value is -3.36. The van der Waals surface area contributed by atoms with Gasteiger partial charge in [-0.2, -0.15) is 0 Å². The molecule has 3 aromatic rings. The van der Waals surface area contributed by atoms with Crippen LogP contribution in [0.4, 0.5) is 15.0 Å². The molecule has 0 aliphatic carbocycles. The summed E-state index contributed by atoms with van der Waals surface area (Å²) in [6.45, 7) is 7.23. The van der Waals surface area contributed by atoms with Crippen molar-refractivity contribution < 1.29 is 13.9 Å². The van der Waals surface area contributed by atoms with Crippen LogP contribution in [0.5, 0.6) is 0 Å². The first kappa shape index (κ1) is 22.4. The van der Waals surface area contributed by atoms with Crippen LogP contribution in [0.1, 0.15) is 33.6 Å². The van der Waals surface area contributed by atoms with E-state index < -0.39 is 23.3 Å². The SMILES string of the molecule is CC(C)(C)OC(=O)N1C[C@@H](F)C2(CCN(c3nc(-c4ccncc4)nc4cnccc34)CC2)C1. The minimum Gasteiger partial charge on any atom is -0.444 e. The van der Waals surface area contributed by atoms with E-state index in [0.717, 1.165) is 22.3 Å². The molecule has 2 aliphatic rings. The molecular formula is C25H29FN6O2. The second-order valence-corrected chi connectivity index (χ2v) is 10.2. The van der Waals surface area contributed by atoms with Gasteiger partial charge < -0.3 is 14.5 Å². The number of nitrogens with zero attached hydrogens (tertiary/aromatic N) is 6. The summed E-state index contributed by atoms with van der Waals surface area (Å²) >= 11 is 0. The van der Waals surface area contributed by atoms with Gasteiger partial charge in [0.05, 0.1) is 18.3 Å². The fourth-order valence-corrected chi connectivity index (χ4v) is 4.87. The van der Waals surface area contributed by atoms with E-state index in [1.54, 1.807) is 24.8 Å². The average Bonchev–Trinajstić information content (AvgIpc) is 3.14. The molecule has 1 spiro atoms. The quantitative estimate of drug-likeness (QED) is 0.560. The maximum absolute atomic E-state index is 15.3. The Morgan fingerprint density at radius 3 is 2.50 bits per heavy atom. The van der Waals surface area contributed by atoms with Crippen LogP contribution >= 0.6 is 0 Å². The van der Waals surface area contributed by atoms with Crippen LogP contribution in [0.2, 0.25) is 0 Å². The van der Waals surface area contributed by atoms with Gasteiger partial charge in [0.15, 0.2) is 5.82 Å². The summed E-state index contributed by atoms with van der Waals surface area (Å²) < 4.78 is 20.7. The first-order chi connectivity index (χ1) is 16.2. The Morgan fingerprint density at radius 2 is 1.79 bits per heavy atom. The van der Waals surface area contributed by atoms with E-state index >= 15 is 4.39 Å². The number of carbonyl (C=O) groups excluding carboxylic acids is 1. The molecule has 2 fully saturated rings. The molecule has 5 heterocycles. The number of amides is 1. The molecule has 1 amide bonds. The summed E-state index contributed by atoms with van der Waals surface area (Å²) in [6, 6.07) is 5.68. The number of halogens is 1. The highest BCUT2D eigenvalue weighted by Crippen LogP contribution is 2.44. The van der Waals surface area contributed by atoms with Gasteiger partial charge in [-0.1, -0.05) is 0 Å². The van der Waals surface area contributed by atoms with E-state index in [1.165, 1.54) is 4.90 Å². The number of likely N-dealkylation sites (tertiary alicyclic amines) is 1. The number of fused-ring (bicyclic) bond motifs is 1. The third kappa shape index (κ3) is 4.26. The fourth-order valence-electron chi connectivity index (χ4n) is 4.87. The summed E-state index contributed by atoms with van der Waals surface area (Å²) in [5.74, 6) is 1.44. The van der Waals surface area contributed by atoms with Gasteiger partial charge >= 0.3 is 6.09 Å². The van der Waals surface area contributed by atoms with Crippen molar-refractivity contribution in [1.29, 1.82) is 0 Å². The molecule has 34 heavy (non-hydrogen) atoms. The van der Waals surface area contributed by atoms with E-state index in [4.69, 9.17) is 14.7 Å². The number of anilines is 1. The van der Waals surface area contributed by atoms with Gasteiger partial charge in [0.25, 0.3) is 0 Å². The summed E-state index contributed by atoms with van der Waals surface area (Å²) in [6.07, 6.45) is 6.67. The number of piperidine rings is 1. The molecule has 9 heteroatoms. The minimum atomic E-state index is -1.07. The number of ether oxygens (including phenoxy) is 1. The lowest BCUT2D eigenvalue weighted by Gasteiger charge is -2.41. The highest BCUT2D eigenvalue weighted by molar-refractivity contribution is 5.90. The Balaban J connectivity index is 1.38. The van der Waals surface area contributed by atoms with Gasteiger partial charge in [0.2, 0.25) is 0 Å². The van der Waals surface area contributed by atoms with Crippen LogP contribution < -0.4 is 4.90 Å². The van der Waals surface area contributed by atoms with Crippen molar-refractivity contribution in [1.82, 2.24) is 24.8 Å². The first-order valence-electron chi connectivity index (χ1n) is 11.6. The van der Waals surface area contributed by atoms with Gasteiger partial charge in [-0.05, 0) is 51.8 Å². The second kappa shape index (κ2) is 8.45. The first-order valence-corrected chi connectivity index (χ1v) is 11.6.